The number of anilines is 1. The second-order valence-corrected chi connectivity index (χ2v) is 4.37. The van der Waals surface area contributed by atoms with Gasteiger partial charge in [0.1, 0.15) is 5.82 Å². The third-order valence-electron chi connectivity index (χ3n) is 2.92. The van der Waals surface area contributed by atoms with Crippen molar-refractivity contribution in [1.82, 2.24) is 5.32 Å². The summed E-state index contributed by atoms with van der Waals surface area (Å²) in [5.41, 5.74) is 1.01. The predicted molar refractivity (Wildman–Crippen MR) is 73.5 cm³/mol. The smallest absolute Gasteiger partial charge is 0.251 e. The number of benzene rings is 2. The minimum absolute atomic E-state index is 0.000698. The van der Waals surface area contributed by atoms with Crippen molar-refractivity contribution in [2.75, 3.05) is 12.4 Å². The maximum absolute atomic E-state index is 13.5. The molecule has 0 aliphatic heterocycles. The van der Waals surface area contributed by atoms with Crippen LogP contribution in [0.1, 0.15) is 15.9 Å². The molecule has 0 bridgehead atoms. The van der Waals surface area contributed by atoms with E-state index >= 15 is 0 Å². The molecule has 1 amide bonds. The second kappa shape index (κ2) is 6.30. The highest BCUT2D eigenvalue weighted by Crippen LogP contribution is 2.16. The van der Waals surface area contributed by atoms with Crippen LogP contribution in [0.2, 0.25) is 0 Å². The number of halogens is 3. The molecule has 0 radical (unpaired) electrons. The SMILES string of the molecule is CNC(=O)c1cccc(NCc2cc(F)c(F)cc2F)c1. The van der Waals surface area contributed by atoms with Crippen molar-refractivity contribution in [1.29, 1.82) is 0 Å². The average Bonchev–Trinajstić information content (AvgIpc) is 2.49. The van der Waals surface area contributed by atoms with Crippen molar-refractivity contribution in [2.24, 2.45) is 0 Å². The number of carbonyl (C=O) groups excluding carboxylic acids is 1. The molecular formula is C15H13F3N2O. The molecule has 0 saturated heterocycles. The van der Waals surface area contributed by atoms with E-state index in [0.29, 0.717) is 17.3 Å². The molecule has 0 aliphatic rings. The topological polar surface area (TPSA) is 41.1 Å². The first-order valence-electron chi connectivity index (χ1n) is 6.20. The Kier molecular flexibility index (Phi) is 4.47. The fourth-order valence-corrected chi connectivity index (χ4v) is 1.81. The molecule has 0 atom stereocenters. The highest BCUT2D eigenvalue weighted by Gasteiger charge is 2.10. The fraction of sp³-hybridized carbons (Fsp3) is 0.133. The first-order chi connectivity index (χ1) is 10.0. The molecule has 110 valence electrons. The van der Waals surface area contributed by atoms with Crippen LogP contribution >= 0.6 is 0 Å². The third-order valence-corrected chi connectivity index (χ3v) is 2.92. The number of amides is 1. The minimum atomic E-state index is -1.22. The lowest BCUT2D eigenvalue weighted by molar-refractivity contribution is 0.0963. The zero-order chi connectivity index (χ0) is 15.4. The molecule has 0 fully saturated rings. The summed E-state index contributed by atoms with van der Waals surface area (Å²) in [6.45, 7) is -0.0275. The van der Waals surface area contributed by atoms with E-state index in [9.17, 15) is 18.0 Å². The van der Waals surface area contributed by atoms with Crippen molar-refractivity contribution in [3.05, 3.63) is 65.0 Å². The van der Waals surface area contributed by atoms with Crippen molar-refractivity contribution in [3.63, 3.8) is 0 Å². The van der Waals surface area contributed by atoms with E-state index in [4.69, 9.17) is 0 Å². The van der Waals surface area contributed by atoms with Gasteiger partial charge in [-0.25, -0.2) is 13.2 Å². The van der Waals surface area contributed by atoms with Crippen LogP contribution in [0.5, 0.6) is 0 Å². The van der Waals surface area contributed by atoms with Crippen LogP contribution in [-0.4, -0.2) is 13.0 Å². The Morgan fingerprint density at radius 2 is 1.76 bits per heavy atom. The number of rotatable bonds is 4. The van der Waals surface area contributed by atoms with Crippen LogP contribution in [0.25, 0.3) is 0 Å². The molecule has 0 saturated carbocycles. The molecule has 0 aliphatic carbocycles. The van der Waals surface area contributed by atoms with Gasteiger partial charge in [-0.2, -0.15) is 0 Å². The summed E-state index contributed by atoms with van der Waals surface area (Å²) in [4.78, 5) is 11.5. The highest BCUT2D eigenvalue weighted by atomic mass is 19.2. The summed E-state index contributed by atoms with van der Waals surface area (Å²) in [6.07, 6.45) is 0. The van der Waals surface area contributed by atoms with Crippen LogP contribution in [0, 0.1) is 17.5 Å². The number of nitrogens with one attached hydrogen (secondary N) is 2. The minimum Gasteiger partial charge on any atom is -0.381 e. The van der Waals surface area contributed by atoms with Crippen LogP contribution < -0.4 is 10.6 Å². The van der Waals surface area contributed by atoms with Gasteiger partial charge in [0.15, 0.2) is 11.6 Å². The van der Waals surface area contributed by atoms with Gasteiger partial charge in [-0.1, -0.05) is 6.07 Å². The molecule has 2 aromatic carbocycles. The maximum atomic E-state index is 13.5. The first-order valence-corrected chi connectivity index (χ1v) is 6.20. The molecule has 0 unspecified atom stereocenters. The van der Waals surface area contributed by atoms with Gasteiger partial charge in [0.05, 0.1) is 0 Å². The molecular weight excluding hydrogens is 281 g/mol. The quantitative estimate of drug-likeness (QED) is 0.851. The van der Waals surface area contributed by atoms with Crippen molar-refractivity contribution in [3.8, 4) is 0 Å². The standard InChI is InChI=1S/C15H13F3N2O/c1-19-15(21)9-3-2-4-11(5-9)20-8-10-6-13(17)14(18)7-12(10)16/h2-7,20H,8H2,1H3,(H,19,21). The van der Waals surface area contributed by atoms with E-state index in [1.807, 2.05) is 0 Å². The highest BCUT2D eigenvalue weighted by molar-refractivity contribution is 5.94. The lowest BCUT2D eigenvalue weighted by Gasteiger charge is -2.09. The summed E-state index contributed by atoms with van der Waals surface area (Å²) in [6, 6.07) is 7.87. The molecule has 3 nitrogen and oxygen atoms in total. The normalized spacial score (nSPS) is 10.3. The fourth-order valence-electron chi connectivity index (χ4n) is 1.81. The molecule has 6 heteroatoms. The van der Waals surface area contributed by atoms with E-state index in [2.05, 4.69) is 10.6 Å². The Morgan fingerprint density at radius 1 is 1.05 bits per heavy atom. The van der Waals surface area contributed by atoms with E-state index < -0.39 is 17.5 Å². The van der Waals surface area contributed by atoms with E-state index in [-0.39, 0.29) is 18.0 Å². The maximum Gasteiger partial charge on any atom is 0.251 e. The largest absolute Gasteiger partial charge is 0.381 e. The molecule has 2 rings (SSSR count). The predicted octanol–water partition coefficient (Wildman–Crippen LogP) is 3.08. The molecule has 2 N–H and O–H groups in total. The molecule has 0 aromatic heterocycles. The zero-order valence-electron chi connectivity index (χ0n) is 11.2. The monoisotopic (exact) mass is 294 g/mol. The van der Waals surface area contributed by atoms with Crippen LogP contribution in [0.15, 0.2) is 36.4 Å². The Labute approximate surface area is 119 Å². The number of hydrogen-bond donors (Lipinski definition) is 2. The van der Waals surface area contributed by atoms with E-state index in [1.165, 1.54) is 7.05 Å². The van der Waals surface area contributed by atoms with Crippen LogP contribution in [0.4, 0.5) is 18.9 Å². The van der Waals surface area contributed by atoms with Gasteiger partial charge in [0.2, 0.25) is 0 Å². The molecule has 21 heavy (non-hydrogen) atoms. The first kappa shape index (κ1) is 14.9. The summed E-state index contributed by atoms with van der Waals surface area (Å²) in [7, 11) is 1.51. The third kappa shape index (κ3) is 3.53. The number of carbonyl (C=O) groups is 1. The lowest BCUT2D eigenvalue weighted by atomic mass is 10.1. The summed E-state index contributed by atoms with van der Waals surface area (Å²) in [5.74, 6) is -3.41. The molecule has 0 spiro atoms. The van der Waals surface area contributed by atoms with Gasteiger partial charge in [-0.3, -0.25) is 4.79 Å². The Hall–Kier alpha value is -2.50. The van der Waals surface area contributed by atoms with Gasteiger partial charge in [0.25, 0.3) is 5.91 Å². The lowest BCUT2D eigenvalue weighted by Crippen LogP contribution is -2.17. The molecule has 2 aromatic rings. The van der Waals surface area contributed by atoms with Gasteiger partial charge < -0.3 is 10.6 Å². The average molecular weight is 294 g/mol. The Balaban J connectivity index is 2.13. The van der Waals surface area contributed by atoms with Gasteiger partial charge in [-0.05, 0) is 24.3 Å². The van der Waals surface area contributed by atoms with Gasteiger partial charge in [-0.15, -0.1) is 0 Å². The van der Waals surface area contributed by atoms with E-state index in [1.54, 1.807) is 24.3 Å². The summed E-state index contributed by atoms with van der Waals surface area (Å²) >= 11 is 0. The second-order valence-electron chi connectivity index (χ2n) is 4.37. The van der Waals surface area contributed by atoms with E-state index in [0.717, 1.165) is 6.07 Å². The molecule has 0 heterocycles. The summed E-state index contributed by atoms with van der Waals surface area (Å²) < 4.78 is 39.4. The Morgan fingerprint density at radius 3 is 2.48 bits per heavy atom. The summed E-state index contributed by atoms with van der Waals surface area (Å²) in [5, 5.41) is 5.35. The van der Waals surface area contributed by atoms with Crippen LogP contribution in [0.3, 0.4) is 0 Å². The number of hydrogen-bond acceptors (Lipinski definition) is 2. The van der Waals surface area contributed by atoms with Crippen LogP contribution in [-0.2, 0) is 6.54 Å². The van der Waals surface area contributed by atoms with Gasteiger partial charge in [0, 0.05) is 36.5 Å². The van der Waals surface area contributed by atoms with Crippen molar-refractivity contribution < 1.29 is 18.0 Å². The Bertz CT molecular complexity index is 674. The van der Waals surface area contributed by atoms with Crippen molar-refractivity contribution in [2.45, 2.75) is 6.54 Å². The zero-order valence-corrected chi connectivity index (χ0v) is 11.2. The van der Waals surface area contributed by atoms with Crippen molar-refractivity contribution >= 4 is 11.6 Å². The van der Waals surface area contributed by atoms with Gasteiger partial charge >= 0.3 is 0 Å².